The van der Waals surface area contributed by atoms with Crippen LogP contribution in [0.25, 0.3) is 0 Å². The van der Waals surface area contributed by atoms with E-state index in [0.29, 0.717) is 0 Å². The minimum absolute atomic E-state index is 0. The summed E-state index contributed by atoms with van der Waals surface area (Å²) in [5, 5.41) is 0. The monoisotopic (exact) mass is 340 g/mol. The van der Waals surface area contributed by atoms with Crippen molar-refractivity contribution < 1.29 is 0 Å². The first kappa shape index (κ1) is 26.2. The standard InChI is InChI=1S/C23H48.CH4/c1-3-5-7-9-11-13-15-17-19-21-23-22-20-18-16-14-12-10-8-6-4-2;/h3-23H2,1-2H3;1H4. The van der Waals surface area contributed by atoms with E-state index in [1.165, 1.54) is 135 Å². The first-order chi connectivity index (χ1) is 11.4. The molecule has 0 aromatic rings. The number of unbranched alkanes of at least 4 members (excludes halogenated alkanes) is 20. The van der Waals surface area contributed by atoms with Crippen molar-refractivity contribution in [3.63, 3.8) is 0 Å². The van der Waals surface area contributed by atoms with Crippen molar-refractivity contribution in [2.24, 2.45) is 0 Å². The summed E-state index contributed by atoms with van der Waals surface area (Å²) in [6.07, 6.45) is 30.9. The average Bonchev–Trinajstić information content (AvgIpc) is 2.57. The molecule has 24 heavy (non-hydrogen) atoms. The SMILES string of the molecule is C.CCCCCCCCCCCCCCCCCCCCCCC. The van der Waals surface area contributed by atoms with E-state index in [1.807, 2.05) is 0 Å². The molecule has 0 radical (unpaired) electrons. The average molecular weight is 341 g/mol. The molecule has 0 unspecified atom stereocenters. The van der Waals surface area contributed by atoms with Gasteiger partial charge in [0.2, 0.25) is 0 Å². The van der Waals surface area contributed by atoms with Crippen LogP contribution in [0.1, 0.15) is 156 Å². The van der Waals surface area contributed by atoms with Crippen LogP contribution >= 0.6 is 0 Å². The zero-order valence-corrected chi connectivity index (χ0v) is 16.8. The van der Waals surface area contributed by atoms with Crippen LogP contribution < -0.4 is 0 Å². The molecular weight excluding hydrogens is 288 g/mol. The molecule has 0 aliphatic rings. The van der Waals surface area contributed by atoms with E-state index >= 15 is 0 Å². The van der Waals surface area contributed by atoms with Crippen LogP contribution in [0.3, 0.4) is 0 Å². The van der Waals surface area contributed by atoms with Crippen LogP contribution in [0.5, 0.6) is 0 Å². The van der Waals surface area contributed by atoms with Crippen LogP contribution in [0, 0.1) is 0 Å². The van der Waals surface area contributed by atoms with E-state index in [9.17, 15) is 0 Å². The first-order valence-corrected chi connectivity index (χ1v) is 11.4. The summed E-state index contributed by atoms with van der Waals surface area (Å²) < 4.78 is 0. The van der Waals surface area contributed by atoms with Gasteiger partial charge in [-0.2, -0.15) is 0 Å². The molecule has 0 aromatic heterocycles. The molecule has 0 bridgehead atoms. The lowest BCUT2D eigenvalue weighted by atomic mass is 10.0. The highest BCUT2D eigenvalue weighted by Gasteiger charge is 1.95. The summed E-state index contributed by atoms with van der Waals surface area (Å²) in [7, 11) is 0. The van der Waals surface area contributed by atoms with Gasteiger partial charge in [-0.1, -0.05) is 156 Å². The fourth-order valence-electron chi connectivity index (χ4n) is 3.51. The summed E-state index contributed by atoms with van der Waals surface area (Å²) in [4.78, 5) is 0. The molecule has 0 aliphatic heterocycles. The maximum atomic E-state index is 2.30. The molecular formula is C24H52. The van der Waals surface area contributed by atoms with Crippen molar-refractivity contribution in [1.29, 1.82) is 0 Å². The Morgan fingerprint density at radius 2 is 0.375 bits per heavy atom. The molecule has 0 spiro atoms. The largest absolute Gasteiger partial charge is 0.0776 e. The van der Waals surface area contributed by atoms with Crippen LogP contribution in [-0.2, 0) is 0 Å². The fourth-order valence-corrected chi connectivity index (χ4v) is 3.51. The number of hydrogen-bond acceptors (Lipinski definition) is 0. The predicted molar refractivity (Wildman–Crippen MR) is 115 cm³/mol. The minimum Gasteiger partial charge on any atom is -0.0776 e. The van der Waals surface area contributed by atoms with Gasteiger partial charge < -0.3 is 0 Å². The summed E-state index contributed by atoms with van der Waals surface area (Å²) >= 11 is 0. The highest BCUT2D eigenvalue weighted by Crippen LogP contribution is 2.14. The van der Waals surface area contributed by atoms with Crippen molar-refractivity contribution in [3.05, 3.63) is 0 Å². The Balaban J connectivity index is 0. The highest BCUT2D eigenvalue weighted by molar-refractivity contribution is 4.50. The molecule has 0 amide bonds. The Kier molecular flexibility index (Phi) is 27.6. The molecule has 0 aliphatic carbocycles. The Labute approximate surface area is 156 Å². The Bertz CT molecular complexity index is 164. The summed E-state index contributed by atoms with van der Waals surface area (Å²) in [5.41, 5.74) is 0. The van der Waals surface area contributed by atoms with Gasteiger partial charge in [-0.25, -0.2) is 0 Å². The predicted octanol–water partition coefficient (Wildman–Crippen LogP) is 9.85. The van der Waals surface area contributed by atoms with Gasteiger partial charge in [0.25, 0.3) is 0 Å². The Morgan fingerprint density at radius 3 is 0.500 bits per heavy atom. The molecule has 0 rings (SSSR count). The lowest BCUT2D eigenvalue weighted by Crippen LogP contribution is -1.84. The molecule has 0 nitrogen and oxygen atoms in total. The molecule has 148 valence electrons. The normalized spacial score (nSPS) is 10.8. The smallest absolute Gasteiger partial charge is 0.0533 e. The van der Waals surface area contributed by atoms with Gasteiger partial charge in [0.05, 0.1) is 0 Å². The molecule has 0 N–H and O–H groups in total. The van der Waals surface area contributed by atoms with E-state index in [1.54, 1.807) is 0 Å². The molecule has 0 heterocycles. The van der Waals surface area contributed by atoms with Crippen LogP contribution in [0.2, 0.25) is 0 Å². The summed E-state index contributed by atoms with van der Waals surface area (Å²) in [6.45, 7) is 4.60. The van der Waals surface area contributed by atoms with Crippen molar-refractivity contribution in [2.75, 3.05) is 0 Å². The Hall–Kier alpha value is 0. The van der Waals surface area contributed by atoms with Crippen LogP contribution in [0.15, 0.2) is 0 Å². The lowest BCUT2D eigenvalue weighted by molar-refractivity contribution is 0.521. The Morgan fingerprint density at radius 1 is 0.250 bits per heavy atom. The van der Waals surface area contributed by atoms with Crippen molar-refractivity contribution >= 4 is 0 Å². The highest BCUT2D eigenvalue weighted by atomic mass is 14.0. The first-order valence-electron chi connectivity index (χ1n) is 11.4. The van der Waals surface area contributed by atoms with E-state index in [2.05, 4.69) is 13.8 Å². The molecule has 0 aromatic carbocycles. The van der Waals surface area contributed by atoms with E-state index in [4.69, 9.17) is 0 Å². The molecule has 0 atom stereocenters. The van der Waals surface area contributed by atoms with Gasteiger partial charge in [-0.3, -0.25) is 0 Å². The molecule has 0 saturated carbocycles. The molecule has 0 heteroatoms. The van der Waals surface area contributed by atoms with Crippen molar-refractivity contribution in [1.82, 2.24) is 0 Å². The number of rotatable bonds is 20. The number of hydrogen-bond donors (Lipinski definition) is 0. The van der Waals surface area contributed by atoms with Gasteiger partial charge in [0.1, 0.15) is 0 Å². The second-order valence-electron chi connectivity index (χ2n) is 7.72. The topological polar surface area (TPSA) is 0 Å². The maximum absolute atomic E-state index is 2.30. The third-order valence-electron chi connectivity index (χ3n) is 5.21. The van der Waals surface area contributed by atoms with Gasteiger partial charge in [0, 0.05) is 0 Å². The third kappa shape index (κ3) is 24.3. The van der Waals surface area contributed by atoms with Gasteiger partial charge in [0.15, 0.2) is 0 Å². The van der Waals surface area contributed by atoms with E-state index < -0.39 is 0 Å². The molecule has 0 saturated heterocycles. The molecule has 0 fully saturated rings. The lowest BCUT2D eigenvalue weighted by Gasteiger charge is -2.04. The van der Waals surface area contributed by atoms with Crippen LogP contribution in [-0.4, -0.2) is 0 Å². The maximum Gasteiger partial charge on any atom is -0.0533 e. The zero-order valence-electron chi connectivity index (χ0n) is 16.8. The zero-order chi connectivity index (χ0) is 16.8. The fraction of sp³-hybridized carbons (Fsp3) is 1.00. The van der Waals surface area contributed by atoms with E-state index in [0.717, 1.165) is 0 Å². The summed E-state index contributed by atoms with van der Waals surface area (Å²) in [5.74, 6) is 0. The summed E-state index contributed by atoms with van der Waals surface area (Å²) in [6, 6.07) is 0. The van der Waals surface area contributed by atoms with Crippen LogP contribution in [0.4, 0.5) is 0 Å². The van der Waals surface area contributed by atoms with E-state index in [-0.39, 0.29) is 7.43 Å². The second kappa shape index (κ2) is 25.2. The second-order valence-corrected chi connectivity index (χ2v) is 7.72. The van der Waals surface area contributed by atoms with Crippen molar-refractivity contribution in [2.45, 2.75) is 156 Å². The quantitative estimate of drug-likeness (QED) is 0.193. The van der Waals surface area contributed by atoms with Gasteiger partial charge in [-0.15, -0.1) is 0 Å². The third-order valence-corrected chi connectivity index (χ3v) is 5.21. The van der Waals surface area contributed by atoms with Crippen molar-refractivity contribution in [3.8, 4) is 0 Å². The van der Waals surface area contributed by atoms with Gasteiger partial charge in [-0.05, 0) is 0 Å². The minimum atomic E-state index is 0. The van der Waals surface area contributed by atoms with Gasteiger partial charge >= 0.3 is 0 Å².